The second-order valence-electron chi connectivity index (χ2n) is 3.44. The lowest BCUT2D eigenvalue weighted by Gasteiger charge is -2.32. The first-order chi connectivity index (χ1) is 7.96. The average molecular weight is 316 g/mol. The second kappa shape index (κ2) is 3.41. The zero-order valence-electron chi connectivity index (χ0n) is 7.94. The molecule has 1 fully saturated rings. The fraction of sp³-hybridized carbons (Fsp3) is 1.00. The molecule has 114 valence electrons. The zero-order chi connectivity index (χ0) is 15.7. The largest absolute Gasteiger partial charge is 0.455 e. The molecule has 2 atom stereocenters. The maximum absolute atomic E-state index is 12.9. The Morgan fingerprint density at radius 1 is 0.632 bits per heavy atom. The molecule has 0 aromatic carbocycles. The van der Waals surface area contributed by atoms with Crippen molar-refractivity contribution in [2.75, 3.05) is 0 Å². The van der Waals surface area contributed by atoms with Gasteiger partial charge in [-0.15, -0.1) is 0 Å². The highest BCUT2D eigenvalue weighted by Gasteiger charge is 3.00. The maximum Gasteiger partial charge on any atom is 0.455 e. The number of alkyl halides is 12. The van der Waals surface area contributed by atoms with E-state index in [0.29, 0.717) is 0 Å². The van der Waals surface area contributed by atoms with Crippen LogP contribution in [0, 0.1) is 0 Å². The van der Waals surface area contributed by atoms with Gasteiger partial charge in [-0.05, 0) is 0 Å². The summed E-state index contributed by atoms with van der Waals surface area (Å²) in [6.07, 6.45) is -21.0. The molecule has 1 nitrogen and oxygen atoms in total. The highest BCUT2D eigenvalue weighted by molar-refractivity contribution is 5.19. The van der Waals surface area contributed by atoms with Crippen molar-refractivity contribution in [3.05, 3.63) is 0 Å². The van der Waals surface area contributed by atoms with Crippen molar-refractivity contribution in [3.8, 4) is 0 Å². The van der Waals surface area contributed by atoms with Crippen molar-refractivity contribution in [3.63, 3.8) is 0 Å². The Morgan fingerprint density at radius 2 is 1.00 bits per heavy atom. The van der Waals surface area contributed by atoms with Crippen LogP contribution in [0.5, 0.6) is 0 Å². The van der Waals surface area contributed by atoms with E-state index in [2.05, 4.69) is 0 Å². The molecule has 1 heterocycles. The van der Waals surface area contributed by atoms with Gasteiger partial charge in [-0.1, -0.05) is 0 Å². The van der Waals surface area contributed by atoms with Crippen LogP contribution in [0.1, 0.15) is 0 Å². The van der Waals surface area contributed by atoms with Gasteiger partial charge in [0.2, 0.25) is 0 Å². The van der Waals surface area contributed by atoms with Crippen LogP contribution in [0.25, 0.3) is 0 Å². The first kappa shape index (κ1) is 16.2. The van der Waals surface area contributed by atoms with Gasteiger partial charge in [-0.3, -0.25) is 4.74 Å². The van der Waals surface area contributed by atoms with Crippen LogP contribution in [-0.2, 0) is 4.74 Å². The molecule has 13 heteroatoms. The third kappa shape index (κ3) is 1.56. The Balaban J connectivity index is 3.62. The van der Waals surface area contributed by atoms with Gasteiger partial charge in [0.25, 0.3) is 0 Å². The maximum atomic E-state index is 12.9. The summed E-state index contributed by atoms with van der Waals surface area (Å²) in [6.45, 7) is 0. The standard InChI is InChI=1S/C6F12O/c7-1(4(11,12)13)2(8,9)3(10,5(14,15)16)19-6(1,17)18/t1-,3-/m0/s1. The average Bonchev–Trinajstić information content (AvgIpc) is 2.21. The predicted molar refractivity (Wildman–Crippen MR) is 30.8 cm³/mol. The summed E-state index contributed by atoms with van der Waals surface area (Å²) in [5.74, 6) is -14.1. The summed E-state index contributed by atoms with van der Waals surface area (Å²) in [5.41, 5.74) is -7.17. The van der Waals surface area contributed by atoms with Crippen molar-refractivity contribution in [1.29, 1.82) is 0 Å². The van der Waals surface area contributed by atoms with E-state index in [-0.39, 0.29) is 0 Å². The minimum absolute atomic E-state index is 1.79. The number of halogens is 12. The lowest BCUT2D eigenvalue weighted by molar-refractivity contribution is -0.406. The van der Waals surface area contributed by atoms with Crippen LogP contribution < -0.4 is 0 Å². The number of hydrogen-bond acceptors (Lipinski definition) is 1. The molecule has 0 saturated carbocycles. The predicted octanol–water partition coefficient (Wildman–Crippen LogP) is 3.74. The van der Waals surface area contributed by atoms with Crippen LogP contribution in [0.3, 0.4) is 0 Å². The molecule has 1 aliphatic heterocycles. The molecule has 0 aromatic heterocycles. The third-order valence-corrected chi connectivity index (χ3v) is 2.26. The lowest BCUT2D eigenvalue weighted by atomic mass is 9.93. The van der Waals surface area contributed by atoms with E-state index in [4.69, 9.17) is 0 Å². The van der Waals surface area contributed by atoms with Crippen LogP contribution in [0.2, 0.25) is 0 Å². The van der Waals surface area contributed by atoms with Crippen LogP contribution in [-0.4, -0.2) is 35.9 Å². The molecule has 0 N–H and O–H groups in total. The van der Waals surface area contributed by atoms with E-state index in [9.17, 15) is 52.7 Å². The van der Waals surface area contributed by atoms with Gasteiger partial charge in [-0.25, -0.2) is 4.39 Å². The fourth-order valence-electron chi connectivity index (χ4n) is 1.29. The highest BCUT2D eigenvalue weighted by Crippen LogP contribution is 2.68. The Hall–Kier alpha value is -0.880. The third-order valence-electron chi connectivity index (χ3n) is 2.26. The number of hydrogen-bond donors (Lipinski definition) is 0. The normalized spacial score (nSPS) is 38.5. The highest BCUT2D eigenvalue weighted by atomic mass is 19.4. The minimum Gasteiger partial charge on any atom is -0.267 e. The molecule has 19 heavy (non-hydrogen) atoms. The molecule has 1 saturated heterocycles. The van der Waals surface area contributed by atoms with Crippen LogP contribution in [0.4, 0.5) is 52.7 Å². The molecule has 1 rings (SSSR count). The molecule has 0 radical (unpaired) electrons. The quantitative estimate of drug-likeness (QED) is 0.619. The molecule has 0 aliphatic carbocycles. The van der Waals surface area contributed by atoms with Gasteiger partial charge in [0.05, 0.1) is 0 Å². The molecule has 0 bridgehead atoms. The van der Waals surface area contributed by atoms with E-state index in [1.165, 1.54) is 0 Å². The van der Waals surface area contributed by atoms with Crippen LogP contribution >= 0.6 is 0 Å². The summed E-state index contributed by atoms with van der Waals surface area (Å²) >= 11 is 0. The van der Waals surface area contributed by atoms with Crippen molar-refractivity contribution < 1.29 is 57.4 Å². The number of rotatable bonds is 0. The van der Waals surface area contributed by atoms with Gasteiger partial charge in [0.1, 0.15) is 0 Å². The fourth-order valence-corrected chi connectivity index (χ4v) is 1.29. The topological polar surface area (TPSA) is 9.23 Å². The molecule has 0 aromatic rings. The van der Waals surface area contributed by atoms with Gasteiger partial charge in [-0.2, -0.15) is 48.3 Å². The van der Waals surface area contributed by atoms with E-state index in [1.807, 2.05) is 0 Å². The van der Waals surface area contributed by atoms with Gasteiger partial charge < -0.3 is 0 Å². The Kier molecular flexibility index (Phi) is 2.90. The molecular weight excluding hydrogens is 316 g/mol. The molecule has 1 aliphatic rings. The van der Waals surface area contributed by atoms with Crippen LogP contribution in [0.15, 0.2) is 0 Å². The Morgan fingerprint density at radius 3 is 1.16 bits per heavy atom. The summed E-state index contributed by atoms with van der Waals surface area (Å²) in [5, 5.41) is 0. The van der Waals surface area contributed by atoms with Gasteiger partial charge >= 0.3 is 35.9 Å². The molecule has 0 amide bonds. The SMILES string of the molecule is FC(F)(F)[C@@]1(F)OC(F)(F)[C@@](F)(C(F)(F)F)C1(F)F. The second-order valence-corrected chi connectivity index (χ2v) is 3.44. The van der Waals surface area contributed by atoms with Crippen molar-refractivity contribution in [2.45, 2.75) is 35.9 Å². The summed E-state index contributed by atoms with van der Waals surface area (Å²) in [7, 11) is 0. The lowest BCUT2D eigenvalue weighted by Crippen LogP contribution is -2.66. The van der Waals surface area contributed by atoms with E-state index < -0.39 is 35.9 Å². The summed E-state index contributed by atoms with van der Waals surface area (Å²) in [4.78, 5) is 0. The molecular formula is C6F12O. The van der Waals surface area contributed by atoms with E-state index in [0.717, 1.165) is 0 Å². The van der Waals surface area contributed by atoms with Gasteiger partial charge in [0.15, 0.2) is 0 Å². The van der Waals surface area contributed by atoms with Gasteiger partial charge in [0, 0.05) is 0 Å². The number of ether oxygens (including phenoxy) is 1. The molecule has 0 spiro atoms. The monoisotopic (exact) mass is 316 g/mol. The summed E-state index contributed by atoms with van der Waals surface area (Å²) < 4.78 is 149. The molecule has 0 unspecified atom stereocenters. The first-order valence-corrected chi connectivity index (χ1v) is 3.93. The Labute approximate surface area is 94.7 Å². The Bertz CT molecular complexity index is 381. The zero-order valence-corrected chi connectivity index (χ0v) is 7.94. The van der Waals surface area contributed by atoms with E-state index >= 15 is 0 Å². The van der Waals surface area contributed by atoms with Crippen molar-refractivity contribution >= 4 is 0 Å². The van der Waals surface area contributed by atoms with Crippen molar-refractivity contribution in [2.24, 2.45) is 0 Å². The minimum atomic E-state index is -7.25. The van der Waals surface area contributed by atoms with Crippen molar-refractivity contribution in [1.82, 2.24) is 0 Å². The smallest absolute Gasteiger partial charge is 0.267 e. The summed E-state index contributed by atoms with van der Waals surface area (Å²) in [6, 6.07) is 0. The van der Waals surface area contributed by atoms with E-state index in [1.54, 1.807) is 4.74 Å². The first-order valence-electron chi connectivity index (χ1n) is 3.93.